The molecule has 0 atom stereocenters. The predicted octanol–water partition coefficient (Wildman–Crippen LogP) is 3.00. The summed E-state index contributed by atoms with van der Waals surface area (Å²) in [5.41, 5.74) is 1.19. The monoisotopic (exact) mass is 302 g/mol. The van der Waals surface area contributed by atoms with E-state index in [1.165, 1.54) is 23.4 Å². The summed E-state index contributed by atoms with van der Waals surface area (Å²) in [7, 11) is 2.19. The number of piperidine rings is 1. The van der Waals surface area contributed by atoms with E-state index in [2.05, 4.69) is 50.8 Å². The molecule has 3 rings (SSSR count). The number of nitrogens with one attached hydrogen (secondary N) is 1. The quantitative estimate of drug-likeness (QED) is 0.922. The second-order valence-electron chi connectivity index (χ2n) is 5.66. The first kappa shape index (κ1) is 14.5. The normalized spacial score (nSPS) is 17.0. The predicted molar refractivity (Wildman–Crippen MR) is 88.0 cm³/mol. The maximum absolute atomic E-state index is 4.48. The van der Waals surface area contributed by atoms with Crippen molar-refractivity contribution in [1.82, 2.24) is 14.9 Å². The minimum atomic E-state index is 0.585. The van der Waals surface area contributed by atoms with E-state index in [1.807, 2.05) is 0 Å². The van der Waals surface area contributed by atoms with E-state index in [9.17, 15) is 0 Å². The average Bonchev–Trinajstić information content (AvgIpc) is 3.02. The fourth-order valence-electron chi connectivity index (χ4n) is 2.77. The van der Waals surface area contributed by atoms with Gasteiger partial charge < -0.3 is 10.2 Å². The molecule has 0 bridgehead atoms. The molecule has 0 saturated carbocycles. The van der Waals surface area contributed by atoms with E-state index >= 15 is 0 Å². The molecular formula is C16H22N4S. The van der Waals surface area contributed by atoms with Crippen LogP contribution in [0.2, 0.25) is 0 Å². The van der Waals surface area contributed by atoms with Gasteiger partial charge in [0.1, 0.15) is 12.1 Å². The number of aromatic nitrogens is 2. The molecule has 0 spiro atoms. The van der Waals surface area contributed by atoms with Crippen molar-refractivity contribution in [3.63, 3.8) is 0 Å². The third-order valence-electron chi connectivity index (χ3n) is 4.08. The number of hydrogen-bond acceptors (Lipinski definition) is 5. The first-order valence-electron chi connectivity index (χ1n) is 7.58. The fraction of sp³-hybridized carbons (Fsp3) is 0.500. The van der Waals surface area contributed by atoms with Gasteiger partial charge in [-0.05, 0) is 50.8 Å². The largest absolute Gasteiger partial charge is 0.370 e. The Morgan fingerprint density at radius 1 is 1.33 bits per heavy atom. The van der Waals surface area contributed by atoms with Gasteiger partial charge in [-0.3, -0.25) is 0 Å². The highest BCUT2D eigenvalue weighted by atomic mass is 32.1. The van der Waals surface area contributed by atoms with Gasteiger partial charge in [0.25, 0.3) is 0 Å². The number of rotatable bonds is 5. The van der Waals surface area contributed by atoms with Crippen LogP contribution in [-0.4, -0.2) is 41.5 Å². The molecule has 0 aromatic carbocycles. The van der Waals surface area contributed by atoms with Gasteiger partial charge in [-0.1, -0.05) is 6.07 Å². The number of likely N-dealkylation sites (tertiary alicyclic amines) is 1. The number of thiophene rings is 1. The van der Waals surface area contributed by atoms with Crippen molar-refractivity contribution in [3.8, 4) is 0 Å². The van der Waals surface area contributed by atoms with Crippen LogP contribution in [0.3, 0.4) is 0 Å². The molecule has 5 heteroatoms. The zero-order valence-electron chi connectivity index (χ0n) is 12.5. The Labute approximate surface area is 130 Å². The highest BCUT2D eigenvalue weighted by molar-refractivity contribution is 7.09. The van der Waals surface area contributed by atoms with Gasteiger partial charge in [-0.2, -0.15) is 0 Å². The second-order valence-corrected chi connectivity index (χ2v) is 6.69. The van der Waals surface area contributed by atoms with E-state index in [4.69, 9.17) is 0 Å². The number of nitrogens with zero attached hydrogens (tertiary/aromatic N) is 3. The van der Waals surface area contributed by atoms with Crippen molar-refractivity contribution in [1.29, 1.82) is 0 Å². The lowest BCUT2D eigenvalue weighted by atomic mass is 9.93. The first-order chi connectivity index (χ1) is 10.3. The molecule has 1 fully saturated rings. The van der Waals surface area contributed by atoms with Crippen LogP contribution in [0.25, 0.3) is 0 Å². The summed E-state index contributed by atoms with van der Waals surface area (Å²) in [6.45, 7) is 3.25. The molecule has 2 aromatic rings. The summed E-state index contributed by atoms with van der Waals surface area (Å²) in [4.78, 5) is 12.6. The van der Waals surface area contributed by atoms with Crippen molar-refractivity contribution >= 4 is 17.2 Å². The average molecular weight is 302 g/mol. The van der Waals surface area contributed by atoms with Crippen LogP contribution in [-0.2, 0) is 6.42 Å². The zero-order chi connectivity index (χ0) is 14.5. The third-order valence-corrected chi connectivity index (χ3v) is 5.02. The van der Waals surface area contributed by atoms with Crippen LogP contribution in [0.5, 0.6) is 0 Å². The Kier molecular flexibility index (Phi) is 4.83. The van der Waals surface area contributed by atoms with Crippen molar-refractivity contribution < 1.29 is 0 Å². The molecule has 0 amide bonds. The maximum atomic E-state index is 4.48. The molecule has 0 radical (unpaired) electrons. The smallest absolute Gasteiger partial charge is 0.129 e. The Morgan fingerprint density at radius 2 is 2.19 bits per heavy atom. The van der Waals surface area contributed by atoms with Crippen LogP contribution in [0.1, 0.15) is 29.3 Å². The van der Waals surface area contributed by atoms with Crippen LogP contribution in [0, 0.1) is 0 Å². The molecule has 21 heavy (non-hydrogen) atoms. The number of anilines is 1. The highest BCUT2D eigenvalue weighted by Gasteiger charge is 2.19. The van der Waals surface area contributed by atoms with E-state index in [1.54, 1.807) is 17.7 Å². The minimum absolute atomic E-state index is 0.585. The van der Waals surface area contributed by atoms with Gasteiger partial charge in [0.15, 0.2) is 0 Å². The lowest BCUT2D eigenvalue weighted by molar-refractivity contribution is 0.253. The minimum Gasteiger partial charge on any atom is -0.370 e. The summed E-state index contributed by atoms with van der Waals surface area (Å²) in [6.07, 6.45) is 5.14. The third kappa shape index (κ3) is 4.02. The molecular weight excluding hydrogens is 280 g/mol. The SMILES string of the molecule is CN1CCC(c2cc(NCCc3cccs3)ncn2)CC1. The van der Waals surface area contributed by atoms with E-state index < -0.39 is 0 Å². The lowest BCUT2D eigenvalue weighted by Gasteiger charge is -2.28. The van der Waals surface area contributed by atoms with Crippen molar-refractivity contribution in [3.05, 3.63) is 40.5 Å². The Hall–Kier alpha value is -1.46. The van der Waals surface area contributed by atoms with Crippen molar-refractivity contribution in [2.24, 2.45) is 0 Å². The van der Waals surface area contributed by atoms with Crippen molar-refractivity contribution in [2.45, 2.75) is 25.2 Å². The highest BCUT2D eigenvalue weighted by Crippen LogP contribution is 2.26. The number of hydrogen-bond donors (Lipinski definition) is 1. The summed E-state index contributed by atoms with van der Waals surface area (Å²) in [6, 6.07) is 6.41. The molecule has 112 valence electrons. The second kappa shape index (κ2) is 7.00. The van der Waals surface area contributed by atoms with Gasteiger partial charge in [0.2, 0.25) is 0 Å². The lowest BCUT2D eigenvalue weighted by Crippen LogP contribution is -2.29. The van der Waals surface area contributed by atoms with Gasteiger partial charge in [0.05, 0.1) is 0 Å². The maximum Gasteiger partial charge on any atom is 0.129 e. The van der Waals surface area contributed by atoms with E-state index in [0.717, 1.165) is 31.9 Å². The van der Waals surface area contributed by atoms with Crippen LogP contribution < -0.4 is 5.32 Å². The molecule has 0 aliphatic carbocycles. The van der Waals surface area contributed by atoms with Crippen LogP contribution in [0.4, 0.5) is 5.82 Å². The summed E-state index contributed by atoms with van der Waals surface area (Å²) >= 11 is 1.81. The van der Waals surface area contributed by atoms with Crippen molar-refractivity contribution in [2.75, 3.05) is 32.0 Å². The topological polar surface area (TPSA) is 41.0 Å². The molecule has 1 aliphatic heterocycles. The van der Waals surface area contributed by atoms with E-state index in [0.29, 0.717) is 5.92 Å². The summed E-state index contributed by atoms with van der Waals surface area (Å²) in [5, 5.41) is 5.54. The molecule has 4 nitrogen and oxygen atoms in total. The molecule has 1 aliphatic rings. The van der Waals surface area contributed by atoms with Crippen LogP contribution in [0.15, 0.2) is 29.9 Å². The zero-order valence-corrected chi connectivity index (χ0v) is 13.3. The summed E-state index contributed by atoms with van der Waals surface area (Å²) < 4.78 is 0. The van der Waals surface area contributed by atoms with Crippen LogP contribution >= 0.6 is 11.3 Å². The molecule has 3 heterocycles. The molecule has 0 unspecified atom stereocenters. The first-order valence-corrected chi connectivity index (χ1v) is 8.46. The molecule has 1 N–H and O–H groups in total. The Bertz CT molecular complexity index is 547. The van der Waals surface area contributed by atoms with Gasteiger partial charge in [0, 0.05) is 29.1 Å². The standard InChI is InChI=1S/C16H22N4S/c1-20-8-5-13(6-9-20)15-11-16(19-12-18-15)17-7-4-14-3-2-10-21-14/h2-3,10-13H,4-9H2,1H3,(H,17,18,19). The fourth-order valence-corrected chi connectivity index (χ4v) is 3.47. The van der Waals surface area contributed by atoms with E-state index in [-0.39, 0.29) is 0 Å². The Balaban J connectivity index is 1.55. The van der Waals surface area contributed by atoms with Gasteiger partial charge in [-0.15, -0.1) is 11.3 Å². The Morgan fingerprint density at radius 3 is 2.95 bits per heavy atom. The summed E-state index contributed by atoms with van der Waals surface area (Å²) in [5.74, 6) is 1.54. The van der Waals surface area contributed by atoms with Gasteiger partial charge in [-0.25, -0.2) is 9.97 Å². The molecule has 1 saturated heterocycles. The molecule has 2 aromatic heterocycles. The van der Waals surface area contributed by atoms with Gasteiger partial charge >= 0.3 is 0 Å².